The molecule has 26 heavy (non-hydrogen) atoms. The number of piperidine rings is 1. The van der Waals surface area contributed by atoms with Crippen LogP contribution in [0.15, 0.2) is 45.6 Å². The average Bonchev–Trinajstić information content (AvgIpc) is 3.33. The molecule has 1 amide bonds. The molecular weight excluding hydrogens is 344 g/mol. The van der Waals surface area contributed by atoms with E-state index in [9.17, 15) is 13.6 Å². The van der Waals surface area contributed by atoms with Crippen molar-refractivity contribution >= 4 is 5.91 Å². The monoisotopic (exact) mass is 359 g/mol. The molecule has 0 N–H and O–H groups in total. The first-order chi connectivity index (χ1) is 12.6. The van der Waals surface area contributed by atoms with Crippen LogP contribution in [-0.4, -0.2) is 34.1 Å². The van der Waals surface area contributed by atoms with Gasteiger partial charge in [-0.25, -0.2) is 8.78 Å². The SMILES string of the molecule is O=C(c1ccc(F)cc1F)N1CCC(c2nnc(-c3ccoc3)o2)CC1. The van der Waals surface area contributed by atoms with Gasteiger partial charge in [0.1, 0.15) is 17.9 Å². The Bertz CT molecular complexity index is 916. The number of aromatic nitrogens is 2. The molecule has 2 aromatic heterocycles. The van der Waals surface area contributed by atoms with Crippen molar-refractivity contribution in [1.82, 2.24) is 15.1 Å². The Morgan fingerprint density at radius 2 is 1.96 bits per heavy atom. The van der Waals surface area contributed by atoms with Crippen LogP contribution in [0.5, 0.6) is 0 Å². The lowest BCUT2D eigenvalue weighted by atomic mass is 9.96. The van der Waals surface area contributed by atoms with Gasteiger partial charge in [0.05, 0.1) is 17.4 Å². The van der Waals surface area contributed by atoms with Gasteiger partial charge in [0.25, 0.3) is 11.8 Å². The zero-order valence-corrected chi connectivity index (χ0v) is 13.7. The number of furan rings is 1. The summed E-state index contributed by atoms with van der Waals surface area (Å²) >= 11 is 0. The van der Waals surface area contributed by atoms with Gasteiger partial charge in [-0.3, -0.25) is 4.79 Å². The van der Waals surface area contributed by atoms with Gasteiger partial charge in [-0.2, -0.15) is 0 Å². The van der Waals surface area contributed by atoms with E-state index in [1.54, 1.807) is 11.0 Å². The zero-order chi connectivity index (χ0) is 18.1. The summed E-state index contributed by atoms with van der Waals surface area (Å²) in [5.74, 6) is -1.06. The summed E-state index contributed by atoms with van der Waals surface area (Å²) in [5.41, 5.74) is 0.591. The summed E-state index contributed by atoms with van der Waals surface area (Å²) in [6.07, 6.45) is 4.30. The molecule has 3 aromatic rings. The predicted octanol–water partition coefficient (Wildman–Crippen LogP) is 3.63. The molecule has 0 aliphatic carbocycles. The lowest BCUT2D eigenvalue weighted by Gasteiger charge is -2.30. The Morgan fingerprint density at radius 1 is 1.15 bits per heavy atom. The van der Waals surface area contributed by atoms with Gasteiger partial charge in [-0.15, -0.1) is 10.2 Å². The van der Waals surface area contributed by atoms with Crippen molar-refractivity contribution in [1.29, 1.82) is 0 Å². The number of amides is 1. The van der Waals surface area contributed by atoms with Gasteiger partial charge < -0.3 is 13.7 Å². The van der Waals surface area contributed by atoms with Crippen LogP contribution in [0, 0.1) is 11.6 Å². The third-order valence-corrected chi connectivity index (χ3v) is 4.50. The molecule has 3 heterocycles. The Labute approximate surface area is 147 Å². The van der Waals surface area contributed by atoms with Crippen LogP contribution < -0.4 is 0 Å². The number of hydrogen-bond acceptors (Lipinski definition) is 5. The molecule has 4 rings (SSSR count). The lowest BCUT2D eigenvalue weighted by Crippen LogP contribution is -2.38. The molecule has 0 spiro atoms. The minimum absolute atomic E-state index is 0.0327. The largest absolute Gasteiger partial charge is 0.472 e. The number of halogens is 2. The molecule has 0 unspecified atom stereocenters. The van der Waals surface area contributed by atoms with Crippen LogP contribution in [-0.2, 0) is 0 Å². The highest BCUT2D eigenvalue weighted by Crippen LogP contribution is 2.30. The minimum atomic E-state index is -0.848. The molecule has 134 valence electrons. The highest BCUT2D eigenvalue weighted by molar-refractivity contribution is 5.94. The summed E-state index contributed by atoms with van der Waals surface area (Å²) < 4.78 is 37.5. The summed E-state index contributed by atoms with van der Waals surface area (Å²) in [6.45, 7) is 0.869. The molecule has 8 heteroatoms. The highest BCUT2D eigenvalue weighted by atomic mass is 19.1. The maximum Gasteiger partial charge on any atom is 0.256 e. The molecule has 1 aromatic carbocycles. The summed E-state index contributed by atoms with van der Waals surface area (Å²) in [7, 11) is 0. The fourth-order valence-electron chi connectivity index (χ4n) is 3.07. The van der Waals surface area contributed by atoms with Gasteiger partial charge in [-0.05, 0) is 31.0 Å². The molecule has 0 radical (unpaired) electrons. The minimum Gasteiger partial charge on any atom is -0.472 e. The van der Waals surface area contributed by atoms with Crippen molar-refractivity contribution in [2.24, 2.45) is 0 Å². The molecular formula is C18H15F2N3O3. The number of nitrogens with zero attached hydrogens (tertiary/aromatic N) is 3. The van der Waals surface area contributed by atoms with Crippen LogP contribution in [0.4, 0.5) is 8.78 Å². The second-order valence-electron chi connectivity index (χ2n) is 6.15. The molecule has 0 bridgehead atoms. The first-order valence-corrected chi connectivity index (χ1v) is 8.22. The normalized spacial score (nSPS) is 15.4. The predicted molar refractivity (Wildman–Crippen MR) is 86.2 cm³/mol. The smallest absolute Gasteiger partial charge is 0.256 e. The molecule has 1 saturated heterocycles. The fourth-order valence-corrected chi connectivity index (χ4v) is 3.07. The molecule has 1 aliphatic rings. The zero-order valence-electron chi connectivity index (χ0n) is 13.7. The van der Waals surface area contributed by atoms with Crippen molar-refractivity contribution < 1.29 is 22.4 Å². The number of carbonyl (C=O) groups is 1. The Hall–Kier alpha value is -3.03. The van der Waals surface area contributed by atoms with E-state index < -0.39 is 17.5 Å². The second kappa shape index (κ2) is 6.70. The third-order valence-electron chi connectivity index (χ3n) is 4.50. The van der Waals surface area contributed by atoms with Gasteiger partial charge >= 0.3 is 0 Å². The second-order valence-corrected chi connectivity index (χ2v) is 6.15. The van der Waals surface area contributed by atoms with Crippen molar-refractivity contribution in [2.75, 3.05) is 13.1 Å². The number of rotatable bonds is 3. The van der Waals surface area contributed by atoms with E-state index in [0.29, 0.717) is 43.3 Å². The standard InChI is InChI=1S/C18H15F2N3O3/c19-13-1-2-14(15(20)9-13)18(24)23-6-3-11(4-7-23)16-21-22-17(26-16)12-5-8-25-10-12/h1-2,5,8-11H,3-4,6-7H2. The molecule has 0 saturated carbocycles. The van der Waals surface area contributed by atoms with Crippen LogP contribution in [0.2, 0.25) is 0 Å². The number of hydrogen-bond donors (Lipinski definition) is 0. The van der Waals surface area contributed by atoms with Crippen molar-refractivity contribution in [2.45, 2.75) is 18.8 Å². The van der Waals surface area contributed by atoms with Gasteiger partial charge in [-0.1, -0.05) is 0 Å². The van der Waals surface area contributed by atoms with Crippen LogP contribution in [0.25, 0.3) is 11.5 Å². The van der Waals surface area contributed by atoms with Gasteiger partial charge in [0, 0.05) is 25.1 Å². The Morgan fingerprint density at radius 3 is 2.65 bits per heavy atom. The lowest BCUT2D eigenvalue weighted by molar-refractivity contribution is 0.0701. The summed E-state index contributed by atoms with van der Waals surface area (Å²) in [6, 6.07) is 4.71. The maximum absolute atomic E-state index is 13.8. The number of carbonyl (C=O) groups excluding carboxylic acids is 1. The van der Waals surface area contributed by atoms with E-state index in [1.165, 1.54) is 18.6 Å². The summed E-state index contributed by atoms with van der Waals surface area (Å²) in [4.78, 5) is 14.0. The maximum atomic E-state index is 13.8. The first kappa shape index (κ1) is 16.4. The van der Waals surface area contributed by atoms with E-state index in [0.717, 1.165) is 12.1 Å². The average molecular weight is 359 g/mol. The van der Waals surface area contributed by atoms with Gasteiger partial charge in [0.2, 0.25) is 5.89 Å². The first-order valence-electron chi connectivity index (χ1n) is 8.22. The van der Waals surface area contributed by atoms with Crippen LogP contribution in [0.1, 0.15) is 35.0 Å². The molecule has 1 aliphatic heterocycles. The molecule has 0 atom stereocenters. The quantitative estimate of drug-likeness (QED) is 0.714. The van der Waals surface area contributed by atoms with E-state index in [1.807, 2.05) is 0 Å². The van der Waals surface area contributed by atoms with Gasteiger partial charge in [0.15, 0.2) is 0 Å². The van der Waals surface area contributed by atoms with Crippen molar-refractivity contribution in [3.8, 4) is 11.5 Å². The third kappa shape index (κ3) is 3.10. The van der Waals surface area contributed by atoms with E-state index >= 15 is 0 Å². The van der Waals surface area contributed by atoms with Crippen molar-refractivity contribution in [3.63, 3.8) is 0 Å². The van der Waals surface area contributed by atoms with Crippen molar-refractivity contribution in [3.05, 3.63) is 59.9 Å². The topological polar surface area (TPSA) is 72.4 Å². The number of benzene rings is 1. The fraction of sp³-hybridized carbons (Fsp3) is 0.278. The molecule has 1 fully saturated rings. The van der Waals surface area contributed by atoms with Crippen LogP contribution in [0.3, 0.4) is 0 Å². The Kier molecular flexibility index (Phi) is 4.24. The Balaban J connectivity index is 1.42. The van der Waals surface area contributed by atoms with E-state index in [-0.39, 0.29) is 11.5 Å². The number of likely N-dealkylation sites (tertiary alicyclic amines) is 1. The summed E-state index contributed by atoms with van der Waals surface area (Å²) in [5, 5.41) is 8.10. The van der Waals surface area contributed by atoms with E-state index in [2.05, 4.69) is 10.2 Å². The molecule has 6 nitrogen and oxygen atoms in total. The van der Waals surface area contributed by atoms with E-state index in [4.69, 9.17) is 8.83 Å². The highest BCUT2D eigenvalue weighted by Gasteiger charge is 2.29. The van der Waals surface area contributed by atoms with Crippen LogP contribution >= 0.6 is 0 Å².